The highest BCUT2D eigenvalue weighted by Gasteiger charge is 2.37. The maximum atomic E-state index is 13.0. The molecule has 1 aliphatic heterocycles. The van der Waals surface area contributed by atoms with Gasteiger partial charge in [0, 0.05) is 31.7 Å². The highest BCUT2D eigenvalue weighted by atomic mass is 16.2. The lowest BCUT2D eigenvalue weighted by Gasteiger charge is -2.29. The summed E-state index contributed by atoms with van der Waals surface area (Å²) >= 11 is 0. The molecule has 1 aromatic carbocycles. The molecule has 4 heteroatoms. The van der Waals surface area contributed by atoms with E-state index in [1.807, 2.05) is 30.9 Å². The molecule has 0 aliphatic carbocycles. The molecule has 1 saturated heterocycles. The fourth-order valence-corrected chi connectivity index (χ4v) is 3.51. The topological polar surface area (TPSA) is 40.6 Å². The number of hydrogen-bond donors (Lipinski definition) is 0. The van der Waals surface area contributed by atoms with Crippen LogP contribution < -0.4 is 4.90 Å². The van der Waals surface area contributed by atoms with Gasteiger partial charge in [-0.3, -0.25) is 9.59 Å². The Kier molecular flexibility index (Phi) is 6.26. The second kappa shape index (κ2) is 8.03. The molecule has 2 rings (SSSR count). The molecule has 1 atom stereocenters. The van der Waals surface area contributed by atoms with Crippen molar-refractivity contribution in [2.45, 2.75) is 48.0 Å². The summed E-state index contributed by atoms with van der Waals surface area (Å²) in [6.45, 7) is 14.6. The van der Waals surface area contributed by atoms with Crippen LogP contribution in [0.15, 0.2) is 18.2 Å². The number of hydrogen-bond acceptors (Lipinski definition) is 2. The SMILES string of the molecule is Cc1ccc(C)c(N2CC(C(=O)N(CC(C)C)CC(C)C)CC2=O)c1. The first-order chi connectivity index (χ1) is 11.7. The molecule has 138 valence electrons. The van der Waals surface area contributed by atoms with Crippen molar-refractivity contribution >= 4 is 17.5 Å². The van der Waals surface area contributed by atoms with E-state index in [0.717, 1.165) is 29.9 Å². The van der Waals surface area contributed by atoms with E-state index in [1.54, 1.807) is 4.90 Å². The van der Waals surface area contributed by atoms with Gasteiger partial charge < -0.3 is 9.80 Å². The summed E-state index contributed by atoms with van der Waals surface area (Å²) in [6.07, 6.45) is 0.318. The summed E-state index contributed by atoms with van der Waals surface area (Å²) < 4.78 is 0. The highest BCUT2D eigenvalue weighted by Crippen LogP contribution is 2.30. The molecule has 1 unspecified atom stereocenters. The molecule has 0 bridgehead atoms. The van der Waals surface area contributed by atoms with Gasteiger partial charge in [0.2, 0.25) is 11.8 Å². The van der Waals surface area contributed by atoms with Gasteiger partial charge in [-0.05, 0) is 42.9 Å². The number of rotatable bonds is 6. The molecule has 1 fully saturated rings. The van der Waals surface area contributed by atoms with Gasteiger partial charge in [0.25, 0.3) is 0 Å². The zero-order valence-corrected chi connectivity index (χ0v) is 16.5. The Morgan fingerprint density at radius 3 is 2.32 bits per heavy atom. The van der Waals surface area contributed by atoms with Gasteiger partial charge in [-0.25, -0.2) is 0 Å². The van der Waals surface area contributed by atoms with Crippen molar-refractivity contribution in [1.29, 1.82) is 0 Å². The van der Waals surface area contributed by atoms with Crippen molar-refractivity contribution < 1.29 is 9.59 Å². The smallest absolute Gasteiger partial charge is 0.228 e. The molecule has 1 aromatic rings. The first-order valence-electron chi connectivity index (χ1n) is 9.35. The van der Waals surface area contributed by atoms with E-state index in [4.69, 9.17) is 0 Å². The van der Waals surface area contributed by atoms with Crippen molar-refractivity contribution in [3.05, 3.63) is 29.3 Å². The summed E-state index contributed by atoms with van der Waals surface area (Å²) in [7, 11) is 0. The van der Waals surface area contributed by atoms with Gasteiger partial charge in [-0.1, -0.05) is 39.8 Å². The van der Waals surface area contributed by atoms with E-state index in [2.05, 4.69) is 33.8 Å². The zero-order chi connectivity index (χ0) is 18.7. The number of carbonyl (C=O) groups excluding carboxylic acids is 2. The fourth-order valence-electron chi connectivity index (χ4n) is 3.51. The third kappa shape index (κ3) is 4.83. The Bertz CT molecular complexity index is 627. The quantitative estimate of drug-likeness (QED) is 0.787. The van der Waals surface area contributed by atoms with E-state index in [-0.39, 0.29) is 17.7 Å². The fraction of sp³-hybridized carbons (Fsp3) is 0.619. The molecular weight excluding hydrogens is 312 g/mol. The number of benzene rings is 1. The molecule has 4 nitrogen and oxygen atoms in total. The first kappa shape index (κ1) is 19.5. The molecule has 0 radical (unpaired) electrons. The lowest BCUT2D eigenvalue weighted by molar-refractivity contribution is -0.136. The summed E-state index contributed by atoms with van der Waals surface area (Å²) in [4.78, 5) is 29.4. The Morgan fingerprint density at radius 1 is 1.16 bits per heavy atom. The molecule has 0 aromatic heterocycles. The van der Waals surface area contributed by atoms with Gasteiger partial charge in [-0.15, -0.1) is 0 Å². The van der Waals surface area contributed by atoms with Gasteiger partial charge in [0.05, 0.1) is 5.92 Å². The molecule has 1 aliphatic rings. The van der Waals surface area contributed by atoms with Crippen LogP contribution in [0.25, 0.3) is 0 Å². The summed E-state index contributed by atoms with van der Waals surface area (Å²) in [5, 5.41) is 0. The Hall–Kier alpha value is -1.84. The maximum Gasteiger partial charge on any atom is 0.228 e. The second-order valence-corrected chi connectivity index (χ2v) is 8.23. The minimum absolute atomic E-state index is 0.0566. The van der Waals surface area contributed by atoms with E-state index in [1.165, 1.54) is 0 Å². The minimum atomic E-state index is -0.232. The molecule has 0 N–H and O–H groups in total. The first-order valence-corrected chi connectivity index (χ1v) is 9.35. The zero-order valence-electron chi connectivity index (χ0n) is 16.5. The minimum Gasteiger partial charge on any atom is -0.342 e. The summed E-state index contributed by atoms with van der Waals surface area (Å²) in [6, 6.07) is 6.13. The number of anilines is 1. The third-order valence-corrected chi connectivity index (χ3v) is 4.61. The summed E-state index contributed by atoms with van der Waals surface area (Å²) in [5.74, 6) is 0.805. The number of nitrogens with zero attached hydrogens (tertiary/aromatic N) is 2. The average molecular weight is 344 g/mol. The number of aryl methyl sites for hydroxylation is 2. The van der Waals surface area contributed by atoms with Crippen LogP contribution in [0.3, 0.4) is 0 Å². The average Bonchev–Trinajstić information content (AvgIpc) is 2.89. The third-order valence-electron chi connectivity index (χ3n) is 4.61. The van der Waals surface area contributed by atoms with E-state index in [9.17, 15) is 9.59 Å². The standard InChI is InChI=1S/C21H32N2O2/c1-14(2)11-22(12-15(3)4)21(25)18-10-20(24)23(13-18)19-9-16(5)7-8-17(19)6/h7-9,14-15,18H,10-13H2,1-6H3. The van der Waals surface area contributed by atoms with Gasteiger partial charge >= 0.3 is 0 Å². The highest BCUT2D eigenvalue weighted by molar-refractivity contribution is 6.00. The normalized spacial score (nSPS) is 17.7. The van der Waals surface area contributed by atoms with Gasteiger partial charge in [-0.2, -0.15) is 0 Å². The Labute approximate surface area is 152 Å². The van der Waals surface area contributed by atoms with E-state index >= 15 is 0 Å². The molecular formula is C21H32N2O2. The van der Waals surface area contributed by atoms with Crippen LogP contribution >= 0.6 is 0 Å². The van der Waals surface area contributed by atoms with Crippen molar-refractivity contribution in [1.82, 2.24) is 4.90 Å². The lowest BCUT2D eigenvalue weighted by Crippen LogP contribution is -2.41. The van der Waals surface area contributed by atoms with Crippen molar-refractivity contribution in [3.8, 4) is 0 Å². The predicted molar refractivity (Wildman–Crippen MR) is 103 cm³/mol. The Morgan fingerprint density at radius 2 is 1.76 bits per heavy atom. The van der Waals surface area contributed by atoms with Crippen molar-refractivity contribution in [2.24, 2.45) is 17.8 Å². The molecule has 1 heterocycles. The molecule has 2 amide bonds. The monoisotopic (exact) mass is 344 g/mol. The maximum absolute atomic E-state index is 13.0. The largest absolute Gasteiger partial charge is 0.342 e. The van der Waals surface area contributed by atoms with Crippen LogP contribution in [0.4, 0.5) is 5.69 Å². The van der Waals surface area contributed by atoms with Crippen LogP contribution in [0.5, 0.6) is 0 Å². The van der Waals surface area contributed by atoms with Crippen LogP contribution in [0, 0.1) is 31.6 Å². The number of carbonyl (C=O) groups is 2. The summed E-state index contributed by atoms with van der Waals surface area (Å²) in [5.41, 5.74) is 3.15. The number of amides is 2. The van der Waals surface area contributed by atoms with Crippen LogP contribution in [-0.4, -0.2) is 36.3 Å². The van der Waals surface area contributed by atoms with Crippen LogP contribution in [0.1, 0.15) is 45.2 Å². The van der Waals surface area contributed by atoms with Crippen molar-refractivity contribution in [2.75, 3.05) is 24.5 Å². The van der Waals surface area contributed by atoms with Crippen molar-refractivity contribution in [3.63, 3.8) is 0 Å². The lowest BCUT2D eigenvalue weighted by atomic mass is 10.0. The van der Waals surface area contributed by atoms with Gasteiger partial charge in [0.1, 0.15) is 0 Å². The molecule has 0 spiro atoms. The van der Waals surface area contributed by atoms with E-state index < -0.39 is 0 Å². The second-order valence-electron chi connectivity index (χ2n) is 8.23. The van der Waals surface area contributed by atoms with Crippen LogP contribution in [-0.2, 0) is 9.59 Å². The van der Waals surface area contributed by atoms with Gasteiger partial charge in [0.15, 0.2) is 0 Å². The van der Waals surface area contributed by atoms with E-state index in [0.29, 0.717) is 24.8 Å². The molecule has 0 saturated carbocycles. The molecule has 25 heavy (non-hydrogen) atoms. The van der Waals surface area contributed by atoms with Crippen LogP contribution in [0.2, 0.25) is 0 Å². The Balaban J connectivity index is 2.17. The predicted octanol–water partition coefficient (Wildman–Crippen LogP) is 3.80.